The summed E-state index contributed by atoms with van der Waals surface area (Å²) in [5, 5.41) is 4.72. The van der Waals surface area contributed by atoms with Gasteiger partial charge in [0.05, 0.1) is 22.5 Å². The summed E-state index contributed by atoms with van der Waals surface area (Å²) in [6, 6.07) is 9.48. The average molecular weight is 296 g/mol. The van der Waals surface area contributed by atoms with Crippen LogP contribution in [-0.4, -0.2) is 16.1 Å². The molecule has 5 nitrogen and oxygen atoms in total. The van der Waals surface area contributed by atoms with Gasteiger partial charge in [0, 0.05) is 11.5 Å². The first kappa shape index (κ1) is 14.3. The van der Waals surface area contributed by atoms with Gasteiger partial charge in [-0.25, -0.2) is 4.79 Å². The summed E-state index contributed by atoms with van der Waals surface area (Å²) < 4.78 is 10.4. The summed E-state index contributed by atoms with van der Waals surface area (Å²) in [5.74, 6) is 0.122. The molecule has 0 bridgehead atoms. The zero-order valence-corrected chi connectivity index (χ0v) is 12.7. The Morgan fingerprint density at radius 1 is 1.23 bits per heavy atom. The van der Waals surface area contributed by atoms with Gasteiger partial charge in [0.15, 0.2) is 12.4 Å². The van der Waals surface area contributed by atoms with Gasteiger partial charge in [-0.1, -0.05) is 23.4 Å². The highest BCUT2D eigenvalue weighted by molar-refractivity contribution is 5.98. The Bertz CT molecular complexity index is 852. The number of hydrogen-bond acceptors (Lipinski definition) is 5. The molecule has 0 spiro atoms. The van der Waals surface area contributed by atoms with Crippen LogP contribution in [0.25, 0.3) is 10.9 Å². The van der Waals surface area contributed by atoms with Crippen LogP contribution in [0.4, 0.5) is 0 Å². The average Bonchev–Trinajstić information content (AvgIpc) is 2.91. The SMILES string of the molecule is Cc1cc(COC(=O)c2c(C)nc3ccccc3c2C)on1. The summed E-state index contributed by atoms with van der Waals surface area (Å²) in [4.78, 5) is 16.9. The van der Waals surface area contributed by atoms with Crippen molar-refractivity contribution in [2.45, 2.75) is 27.4 Å². The lowest BCUT2D eigenvalue weighted by Gasteiger charge is -2.11. The highest BCUT2D eigenvalue weighted by Crippen LogP contribution is 2.23. The van der Waals surface area contributed by atoms with E-state index in [-0.39, 0.29) is 6.61 Å². The first-order valence-corrected chi connectivity index (χ1v) is 7.01. The summed E-state index contributed by atoms with van der Waals surface area (Å²) in [7, 11) is 0. The molecule has 112 valence electrons. The molecule has 0 radical (unpaired) electrons. The first-order valence-electron chi connectivity index (χ1n) is 7.01. The molecule has 22 heavy (non-hydrogen) atoms. The minimum atomic E-state index is -0.401. The molecule has 3 aromatic rings. The number of pyridine rings is 1. The lowest BCUT2D eigenvalue weighted by atomic mass is 10.0. The highest BCUT2D eigenvalue weighted by Gasteiger charge is 2.18. The van der Waals surface area contributed by atoms with Crippen LogP contribution in [0.1, 0.15) is 33.1 Å². The Balaban J connectivity index is 1.90. The number of esters is 1. The predicted molar refractivity (Wildman–Crippen MR) is 81.6 cm³/mol. The fourth-order valence-electron chi connectivity index (χ4n) is 2.52. The number of nitrogens with zero attached hydrogens (tertiary/aromatic N) is 2. The molecule has 0 saturated heterocycles. The molecule has 0 saturated carbocycles. The zero-order valence-electron chi connectivity index (χ0n) is 12.7. The number of para-hydroxylation sites is 1. The number of benzene rings is 1. The van der Waals surface area contributed by atoms with Crippen LogP contribution >= 0.6 is 0 Å². The molecule has 0 aliphatic rings. The predicted octanol–water partition coefficient (Wildman–Crippen LogP) is 3.51. The molecule has 0 aliphatic carbocycles. The van der Waals surface area contributed by atoms with Crippen molar-refractivity contribution in [1.82, 2.24) is 10.1 Å². The largest absolute Gasteiger partial charge is 0.454 e. The lowest BCUT2D eigenvalue weighted by molar-refractivity contribution is 0.0435. The van der Waals surface area contributed by atoms with Gasteiger partial charge in [-0.15, -0.1) is 0 Å². The third kappa shape index (κ3) is 2.57. The van der Waals surface area contributed by atoms with E-state index >= 15 is 0 Å². The Kier molecular flexibility index (Phi) is 3.63. The van der Waals surface area contributed by atoms with E-state index in [9.17, 15) is 4.79 Å². The van der Waals surface area contributed by atoms with E-state index in [0.717, 1.165) is 22.2 Å². The van der Waals surface area contributed by atoms with Crippen molar-refractivity contribution in [3.63, 3.8) is 0 Å². The molecule has 0 N–H and O–H groups in total. The molecule has 0 amide bonds. The van der Waals surface area contributed by atoms with Gasteiger partial charge in [0.1, 0.15) is 0 Å². The monoisotopic (exact) mass is 296 g/mol. The smallest absolute Gasteiger partial charge is 0.340 e. The zero-order chi connectivity index (χ0) is 15.7. The molecule has 0 atom stereocenters. The summed E-state index contributed by atoms with van der Waals surface area (Å²) in [6.45, 7) is 5.60. The Hall–Kier alpha value is -2.69. The normalized spacial score (nSPS) is 10.9. The second-order valence-corrected chi connectivity index (χ2v) is 5.23. The number of carbonyl (C=O) groups excluding carboxylic acids is 1. The second-order valence-electron chi connectivity index (χ2n) is 5.23. The van der Waals surface area contributed by atoms with Gasteiger partial charge in [0.2, 0.25) is 0 Å². The number of carbonyl (C=O) groups is 1. The third-order valence-corrected chi connectivity index (χ3v) is 3.56. The molecule has 2 heterocycles. The molecule has 3 rings (SSSR count). The van der Waals surface area contributed by atoms with E-state index in [1.54, 1.807) is 6.07 Å². The number of hydrogen-bond donors (Lipinski definition) is 0. The lowest BCUT2D eigenvalue weighted by Crippen LogP contribution is -2.10. The summed E-state index contributed by atoms with van der Waals surface area (Å²) >= 11 is 0. The number of fused-ring (bicyclic) bond motifs is 1. The molecule has 1 aromatic carbocycles. The quantitative estimate of drug-likeness (QED) is 0.692. The van der Waals surface area contributed by atoms with Crippen LogP contribution in [0.2, 0.25) is 0 Å². The maximum atomic E-state index is 12.4. The van der Waals surface area contributed by atoms with Crippen LogP contribution in [0.5, 0.6) is 0 Å². The molecule has 2 aromatic heterocycles. The van der Waals surface area contributed by atoms with Crippen molar-refractivity contribution in [1.29, 1.82) is 0 Å². The fourth-order valence-corrected chi connectivity index (χ4v) is 2.52. The molecular weight excluding hydrogens is 280 g/mol. The van der Waals surface area contributed by atoms with Crippen molar-refractivity contribution in [3.05, 3.63) is 58.6 Å². The van der Waals surface area contributed by atoms with Crippen molar-refractivity contribution in [3.8, 4) is 0 Å². The fraction of sp³-hybridized carbons (Fsp3) is 0.235. The minimum Gasteiger partial charge on any atom is -0.454 e. The molecule has 0 fully saturated rings. The topological polar surface area (TPSA) is 65.2 Å². The Labute approximate surface area is 127 Å². The standard InChI is InChI=1S/C17H16N2O3/c1-10-8-13(22-19-10)9-21-17(20)16-11(2)14-6-4-5-7-15(14)18-12(16)3/h4-8H,9H2,1-3H3. The number of rotatable bonds is 3. The first-order chi connectivity index (χ1) is 10.6. The molecule has 5 heteroatoms. The molecular formula is C17H16N2O3. The third-order valence-electron chi connectivity index (χ3n) is 3.56. The number of aryl methyl sites for hydroxylation is 3. The second kappa shape index (κ2) is 5.60. The van der Waals surface area contributed by atoms with Crippen molar-refractivity contribution < 1.29 is 14.1 Å². The van der Waals surface area contributed by atoms with E-state index in [1.807, 2.05) is 45.0 Å². The number of aromatic nitrogens is 2. The van der Waals surface area contributed by atoms with E-state index in [0.29, 0.717) is 17.0 Å². The van der Waals surface area contributed by atoms with E-state index < -0.39 is 5.97 Å². The van der Waals surface area contributed by atoms with Gasteiger partial charge in [-0.3, -0.25) is 4.98 Å². The van der Waals surface area contributed by atoms with Crippen molar-refractivity contribution >= 4 is 16.9 Å². The Morgan fingerprint density at radius 2 is 2.00 bits per heavy atom. The maximum Gasteiger partial charge on any atom is 0.340 e. The van der Waals surface area contributed by atoms with Crippen LogP contribution in [0.15, 0.2) is 34.9 Å². The van der Waals surface area contributed by atoms with Crippen LogP contribution in [0, 0.1) is 20.8 Å². The van der Waals surface area contributed by atoms with Crippen LogP contribution < -0.4 is 0 Å². The summed E-state index contributed by atoms with van der Waals surface area (Å²) in [5.41, 5.74) is 3.68. The minimum absolute atomic E-state index is 0.0609. The van der Waals surface area contributed by atoms with Crippen LogP contribution in [0.3, 0.4) is 0 Å². The summed E-state index contributed by atoms with van der Waals surface area (Å²) in [6.07, 6.45) is 0. The molecule has 0 aliphatic heterocycles. The van der Waals surface area contributed by atoms with E-state index in [4.69, 9.17) is 9.26 Å². The Morgan fingerprint density at radius 3 is 2.73 bits per heavy atom. The molecule has 0 unspecified atom stereocenters. The van der Waals surface area contributed by atoms with Gasteiger partial charge in [-0.05, 0) is 32.4 Å². The van der Waals surface area contributed by atoms with Gasteiger partial charge in [-0.2, -0.15) is 0 Å². The maximum absolute atomic E-state index is 12.4. The van der Waals surface area contributed by atoms with Gasteiger partial charge < -0.3 is 9.26 Å². The highest BCUT2D eigenvalue weighted by atomic mass is 16.5. The van der Waals surface area contributed by atoms with Gasteiger partial charge in [0.25, 0.3) is 0 Å². The van der Waals surface area contributed by atoms with E-state index in [2.05, 4.69) is 10.1 Å². The number of ether oxygens (including phenoxy) is 1. The van der Waals surface area contributed by atoms with Crippen molar-refractivity contribution in [2.75, 3.05) is 0 Å². The van der Waals surface area contributed by atoms with Gasteiger partial charge >= 0.3 is 5.97 Å². The van der Waals surface area contributed by atoms with Crippen LogP contribution in [-0.2, 0) is 11.3 Å². The van der Waals surface area contributed by atoms with E-state index in [1.165, 1.54) is 0 Å². The van der Waals surface area contributed by atoms with Crippen molar-refractivity contribution in [2.24, 2.45) is 0 Å².